The van der Waals surface area contributed by atoms with Gasteiger partial charge in [0.2, 0.25) is 0 Å². The van der Waals surface area contributed by atoms with E-state index < -0.39 is 22.8 Å². The minimum Gasteiger partial charge on any atom is -0.337 e. The van der Waals surface area contributed by atoms with Crippen LogP contribution < -0.4 is 10.6 Å². The molecule has 0 fully saturated rings. The number of nitro benzene ring substituents is 1. The van der Waals surface area contributed by atoms with Gasteiger partial charge in [-0.25, -0.2) is 0 Å². The molecule has 0 bridgehead atoms. The Hall–Kier alpha value is -3.71. The molecule has 0 atom stereocenters. The Labute approximate surface area is 171 Å². The SMILES string of the molecule is O=C(Nc1ccc(Cl)c([N+](=O)[O-])c1)C(=O)NC(c1ccccc1)c1ccccc1. The van der Waals surface area contributed by atoms with Gasteiger partial charge in [0.05, 0.1) is 11.0 Å². The van der Waals surface area contributed by atoms with Crippen molar-refractivity contribution in [3.63, 3.8) is 0 Å². The lowest BCUT2D eigenvalue weighted by atomic mass is 9.99. The average molecular weight is 410 g/mol. The summed E-state index contributed by atoms with van der Waals surface area (Å²) in [6, 6.07) is 21.7. The molecule has 0 aromatic heterocycles. The zero-order valence-electron chi connectivity index (χ0n) is 15.0. The first-order chi connectivity index (χ1) is 14.0. The van der Waals surface area contributed by atoms with E-state index >= 15 is 0 Å². The summed E-state index contributed by atoms with van der Waals surface area (Å²) in [6.45, 7) is 0. The molecule has 0 radical (unpaired) electrons. The number of benzene rings is 3. The summed E-state index contributed by atoms with van der Waals surface area (Å²) >= 11 is 5.76. The van der Waals surface area contributed by atoms with Crippen LogP contribution in [-0.2, 0) is 9.59 Å². The highest BCUT2D eigenvalue weighted by molar-refractivity contribution is 6.40. The number of carbonyl (C=O) groups is 2. The molecule has 3 aromatic carbocycles. The Bertz CT molecular complexity index is 1000. The van der Waals surface area contributed by atoms with Crippen LogP contribution in [0.4, 0.5) is 11.4 Å². The maximum atomic E-state index is 12.5. The molecular weight excluding hydrogens is 394 g/mol. The Morgan fingerprint density at radius 3 is 1.93 bits per heavy atom. The molecule has 146 valence electrons. The largest absolute Gasteiger partial charge is 0.337 e. The third-order valence-electron chi connectivity index (χ3n) is 4.15. The van der Waals surface area contributed by atoms with Crippen LogP contribution in [0.15, 0.2) is 78.9 Å². The molecule has 0 aliphatic rings. The van der Waals surface area contributed by atoms with Gasteiger partial charge in [-0.15, -0.1) is 0 Å². The third-order valence-corrected chi connectivity index (χ3v) is 4.47. The second-order valence-corrected chi connectivity index (χ2v) is 6.51. The molecule has 3 aromatic rings. The summed E-state index contributed by atoms with van der Waals surface area (Å²) in [6.07, 6.45) is 0. The topological polar surface area (TPSA) is 101 Å². The van der Waals surface area contributed by atoms with Gasteiger partial charge in [0.25, 0.3) is 5.69 Å². The number of hydrogen-bond acceptors (Lipinski definition) is 4. The monoisotopic (exact) mass is 409 g/mol. The van der Waals surface area contributed by atoms with Crippen LogP contribution >= 0.6 is 11.6 Å². The Balaban J connectivity index is 1.79. The second kappa shape index (κ2) is 8.99. The van der Waals surface area contributed by atoms with Gasteiger partial charge in [0.15, 0.2) is 0 Å². The molecule has 0 aliphatic carbocycles. The van der Waals surface area contributed by atoms with E-state index in [1.807, 2.05) is 60.7 Å². The number of amides is 2. The fourth-order valence-corrected chi connectivity index (χ4v) is 2.95. The molecule has 0 saturated carbocycles. The molecule has 2 amide bonds. The van der Waals surface area contributed by atoms with Crippen molar-refractivity contribution in [2.75, 3.05) is 5.32 Å². The van der Waals surface area contributed by atoms with Gasteiger partial charge in [0.1, 0.15) is 5.02 Å². The van der Waals surface area contributed by atoms with Crippen LogP contribution in [0.25, 0.3) is 0 Å². The van der Waals surface area contributed by atoms with E-state index in [0.29, 0.717) is 0 Å². The van der Waals surface area contributed by atoms with E-state index in [1.54, 1.807) is 0 Å². The molecule has 7 nitrogen and oxygen atoms in total. The number of hydrogen-bond donors (Lipinski definition) is 2. The summed E-state index contributed by atoms with van der Waals surface area (Å²) in [5.41, 5.74) is 1.34. The summed E-state index contributed by atoms with van der Waals surface area (Å²) in [4.78, 5) is 35.2. The van der Waals surface area contributed by atoms with Crippen LogP contribution in [0.1, 0.15) is 17.2 Å². The Morgan fingerprint density at radius 2 is 1.41 bits per heavy atom. The minimum absolute atomic E-state index is 0.0642. The molecule has 29 heavy (non-hydrogen) atoms. The predicted octanol–water partition coefficient (Wildman–Crippen LogP) is 4.09. The van der Waals surface area contributed by atoms with Gasteiger partial charge in [-0.1, -0.05) is 72.3 Å². The molecule has 0 unspecified atom stereocenters. The van der Waals surface area contributed by atoms with Crippen molar-refractivity contribution in [3.8, 4) is 0 Å². The first kappa shape index (κ1) is 20.0. The summed E-state index contributed by atoms with van der Waals surface area (Å²) < 4.78 is 0. The van der Waals surface area contributed by atoms with E-state index in [1.165, 1.54) is 12.1 Å². The first-order valence-corrected chi connectivity index (χ1v) is 8.99. The Kier molecular flexibility index (Phi) is 6.21. The summed E-state index contributed by atoms with van der Waals surface area (Å²) in [7, 11) is 0. The van der Waals surface area contributed by atoms with E-state index in [0.717, 1.165) is 17.2 Å². The van der Waals surface area contributed by atoms with Crippen LogP contribution in [0.2, 0.25) is 5.02 Å². The van der Waals surface area contributed by atoms with Gasteiger partial charge in [-0.2, -0.15) is 0 Å². The fourth-order valence-electron chi connectivity index (χ4n) is 2.76. The maximum absolute atomic E-state index is 12.5. The second-order valence-electron chi connectivity index (χ2n) is 6.11. The maximum Gasteiger partial charge on any atom is 0.313 e. The molecule has 8 heteroatoms. The lowest BCUT2D eigenvalue weighted by Gasteiger charge is -2.19. The van der Waals surface area contributed by atoms with Crippen LogP contribution in [0, 0.1) is 10.1 Å². The predicted molar refractivity (Wildman–Crippen MR) is 110 cm³/mol. The zero-order valence-corrected chi connectivity index (χ0v) is 15.8. The molecular formula is C21H16ClN3O4. The molecule has 0 saturated heterocycles. The van der Waals surface area contributed by atoms with Gasteiger partial charge in [-0.3, -0.25) is 19.7 Å². The number of rotatable bonds is 5. The third kappa shape index (κ3) is 4.97. The average Bonchev–Trinajstić information content (AvgIpc) is 2.74. The van der Waals surface area contributed by atoms with Crippen LogP contribution in [-0.4, -0.2) is 16.7 Å². The van der Waals surface area contributed by atoms with Gasteiger partial charge in [0, 0.05) is 11.8 Å². The van der Waals surface area contributed by atoms with E-state index in [-0.39, 0.29) is 16.4 Å². The quantitative estimate of drug-likeness (QED) is 0.376. The Morgan fingerprint density at radius 1 is 0.862 bits per heavy atom. The van der Waals surface area contributed by atoms with Crippen molar-refractivity contribution in [2.45, 2.75) is 6.04 Å². The number of nitrogens with zero attached hydrogens (tertiary/aromatic N) is 1. The number of anilines is 1. The van der Waals surface area contributed by atoms with Crippen molar-refractivity contribution in [3.05, 3.63) is 105 Å². The van der Waals surface area contributed by atoms with Crippen molar-refractivity contribution in [1.82, 2.24) is 5.32 Å². The molecule has 0 heterocycles. The minimum atomic E-state index is -0.946. The van der Waals surface area contributed by atoms with Crippen molar-refractivity contribution in [1.29, 1.82) is 0 Å². The van der Waals surface area contributed by atoms with Crippen molar-refractivity contribution < 1.29 is 14.5 Å². The fraction of sp³-hybridized carbons (Fsp3) is 0.0476. The highest BCUT2D eigenvalue weighted by atomic mass is 35.5. The highest BCUT2D eigenvalue weighted by Crippen LogP contribution is 2.27. The highest BCUT2D eigenvalue weighted by Gasteiger charge is 2.22. The molecule has 0 aliphatic heterocycles. The van der Waals surface area contributed by atoms with Gasteiger partial charge >= 0.3 is 11.8 Å². The molecule has 3 rings (SSSR count). The summed E-state index contributed by atoms with van der Waals surface area (Å²) in [5, 5.41) is 16.0. The lowest BCUT2D eigenvalue weighted by molar-refractivity contribution is -0.384. The van der Waals surface area contributed by atoms with Crippen LogP contribution in [0.5, 0.6) is 0 Å². The summed E-state index contributed by atoms with van der Waals surface area (Å²) in [5.74, 6) is -1.82. The van der Waals surface area contributed by atoms with Crippen LogP contribution in [0.3, 0.4) is 0 Å². The van der Waals surface area contributed by atoms with Gasteiger partial charge < -0.3 is 10.6 Å². The normalized spacial score (nSPS) is 10.4. The van der Waals surface area contributed by atoms with E-state index in [9.17, 15) is 19.7 Å². The molecule has 0 spiro atoms. The first-order valence-electron chi connectivity index (χ1n) is 8.61. The number of carbonyl (C=O) groups excluding carboxylic acids is 2. The van der Waals surface area contributed by atoms with Crippen molar-refractivity contribution in [2.24, 2.45) is 0 Å². The molecule has 2 N–H and O–H groups in total. The zero-order chi connectivity index (χ0) is 20.8. The lowest BCUT2D eigenvalue weighted by Crippen LogP contribution is -2.38. The standard InChI is InChI=1S/C21H16ClN3O4/c22-17-12-11-16(13-18(17)25(28)29)23-20(26)21(27)24-19(14-7-3-1-4-8-14)15-9-5-2-6-10-15/h1-13,19H,(H,23,26)(H,24,27). The van der Waals surface area contributed by atoms with Crippen molar-refractivity contribution >= 4 is 34.8 Å². The van der Waals surface area contributed by atoms with E-state index in [2.05, 4.69) is 10.6 Å². The smallest absolute Gasteiger partial charge is 0.313 e. The number of nitro groups is 1. The van der Waals surface area contributed by atoms with E-state index in [4.69, 9.17) is 11.6 Å². The van der Waals surface area contributed by atoms with Gasteiger partial charge in [-0.05, 0) is 23.3 Å². The number of nitrogens with one attached hydrogen (secondary N) is 2. The number of halogens is 1.